The van der Waals surface area contributed by atoms with Crippen LogP contribution < -0.4 is 10.6 Å². The summed E-state index contributed by atoms with van der Waals surface area (Å²) in [6.07, 6.45) is 5.06. The number of nitrogens with one attached hydrogen (secondary N) is 2. The van der Waals surface area contributed by atoms with Crippen molar-refractivity contribution in [3.63, 3.8) is 0 Å². The molecule has 5 heteroatoms. The Morgan fingerprint density at radius 1 is 1.25 bits per heavy atom. The van der Waals surface area contributed by atoms with Crippen LogP contribution in [0, 0.1) is 0 Å². The smallest absolute Gasteiger partial charge is 0.227 e. The van der Waals surface area contributed by atoms with Crippen LogP contribution in [0.1, 0.15) is 36.3 Å². The fraction of sp³-hybridized carbons (Fsp3) is 0.368. The van der Waals surface area contributed by atoms with E-state index in [1.165, 1.54) is 18.4 Å². The molecule has 24 heavy (non-hydrogen) atoms. The standard InChI is InChI=1S/C19H18ClN3O/c20-16-14(9-22-17-15(16)19(5-6-19)10-23-17)12-3-1-2-11(8-12)13-4-7-21-18(13)24/h1-3,8-9,13H,4-7,10H2,(H,21,24)(H,22,23). The van der Waals surface area contributed by atoms with Crippen LogP contribution >= 0.6 is 11.6 Å². The Morgan fingerprint density at radius 3 is 2.88 bits per heavy atom. The average molecular weight is 340 g/mol. The van der Waals surface area contributed by atoms with E-state index in [0.717, 1.165) is 47.0 Å². The van der Waals surface area contributed by atoms with E-state index in [4.69, 9.17) is 11.6 Å². The van der Waals surface area contributed by atoms with Gasteiger partial charge in [0.2, 0.25) is 5.91 Å². The Bertz CT molecular complexity index is 860. The first-order chi connectivity index (χ1) is 11.7. The number of carbonyl (C=O) groups is 1. The van der Waals surface area contributed by atoms with Crippen molar-refractivity contribution in [3.05, 3.63) is 46.6 Å². The SMILES string of the molecule is O=C1NCCC1c1cccc(-c2cnc3c(c2Cl)C2(CC2)CN3)c1. The first-order valence-electron chi connectivity index (χ1n) is 8.49. The molecule has 1 saturated carbocycles. The van der Waals surface area contributed by atoms with Gasteiger partial charge in [-0.3, -0.25) is 4.79 Å². The topological polar surface area (TPSA) is 54.0 Å². The summed E-state index contributed by atoms with van der Waals surface area (Å²) >= 11 is 6.79. The monoisotopic (exact) mass is 339 g/mol. The van der Waals surface area contributed by atoms with E-state index in [9.17, 15) is 4.79 Å². The van der Waals surface area contributed by atoms with E-state index in [-0.39, 0.29) is 17.2 Å². The van der Waals surface area contributed by atoms with E-state index in [1.54, 1.807) is 0 Å². The van der Waals surface area contributed by atoms with Gasteiger partial charge in [0, 0.05) is 35.8 Å². The molecule has 0 bridgehead atoms. The summed E-state index contributed by atoms with van der Waals surface area (Å²) in [6, 6.07) is 8.17. The Morgan fingerprint density at radius 2 is 2.12 bits per heavy atom. The van der Waals surface area contributed by atoms with Crippen molar-refractivity contribution in [2.24, 2.45) is 0 Å². The van der Waals surface area contributed by atoms with Gasteiger partial charge in [-0.1, -0.05) is 35.9 Å². The quantitative estimate of drug-likeness (QED) is 0.881. The molecule has 2 N–H and O–H groups in total. The largest absolute Gasteiger partial charge is 0.369 e. The van der Waals surface area contributed by atoms with Gasteiger partial charge in [-0.2, -0.15) is 0 Å². The minimum Gasteiger partial charge on any atom is -0.369 e. The lowest BCUT2D eigenvalue weighted by molar-refractivity contribution is -0.120. The van der Waals surface area contributed by atoms with Crippen molar-refractivity contribution in [2.75, 3.05) is 18.4 Å². The van der Waals surface area contributed by atoms with Crippen LogP contribution in [0.15, 0.2) is 30.5 Å². The maximum atomic E-state index is 12.0. The molecule has 1 aromatic carbocycles. The van der Waals surface area contributed by atoms with Gasteiger partial charge in [-0.05, 0) is 30.4 Å². The first-order valence-corrected chi connectivity index (χ1v) is 8.87. The van der Waals surface area contributed by atoms with Gasteiger partial charge in [-0.15, -0.1) is 0 Å². The minimum absolute atomic E-state index is 0.0532. The summed E-state index contributed by atoms with van der Waals surface area (Å²) in [6.45, 7) is 1.70. The van der Waals surface area contributed by atoms with Crippen LogP contribution in [0.25, 0.3) is 11.1 Å². The Hall–Kier alpha value is -2.07. The van der Waals surface area contributed by atoms with Gasteiger partial charge in [0.1, 0.15) is 5.82 Å². The molecule has 1 aromatic heterocycles. The van der Waals surface area contributed by atoms with Crippen molar-refractivity contribution in [1.82, 2.24) is 10.3 Å². The third kappa shape index (κ3) is 1.99. The molecule has 5 rings (SSSR count). The van der Waals surface area contributed by atoms with Crippen LogP contribution in [-0.4, -0.2) is 24.0 Å². The van der Waals surface area contributed by atoms with Crippen LogP contribution in [-0.2, 0) is 10.2 Å². The van der Waals surface area contributed by atoms with Gasteiger partial charge in [-0.25, -0.2) is 4.98 Å². The summed E-state index contributed by atoms with van der Waals surface area (Å²) in [7, 11) is 0. The molecule has 2 aromatic rings. The van der Waals surface area contributed by atoms with Gasteiger partial charge in [0.05, 0.1) is 10.9 Å². The number of anilines is 1. The number of rotatable bonds is 2. The predicted molar refractivity (Wildman–Crippen MR) is 94.5 cm³/mol. The zero-order chi connectivity index (χ0) is 16.3. The van der Waals surface area contributed by atoms with E-state index in [1.807, 2.05) is 24.4 Å². The molecule has 1 amide bonds. The second kappa shape index (κ2) is 4.96. The van der Waals surface area contributed by atoms with E-state index in [2.05, 4.69) is 21.7 Å². The van der Waals surface area contributed by atoms with Crippen molar-refractivity contribution in [2.45, 2.75) is 30.6 Å². The lowest BCUT2D eigenvalue weighted by atomic mass is 9.92. The van der Waals surface area contributed by atoms with Crippen LogP contribution in [0.5, 0.6) is 0 Å². The number of fused-ring (bicyclic) bond motifs is 2. The number of aromatic nitrogens is 1. The van der Waals surface area contributed by atoms with Crippen LogP contribution in [0.4, 0.5) is 5.82 Å². The predicted octanol–water partition coefficient (Wildman–Crippen LogP) is 3.46. The summed E-state index contributed by atoms with van der Waals surface area (Å²) in [5, 5.41) is 7.11. The molecule has 3 heterocycles. The summed E-state index contributed by atoms with van der Waals surface area (Å²) in [4.78, 5) is 16.6. The van der Waals surface area contributed by atoms with Crippen molar-refractivity contribution >= 4 is 23.3 Å². The summed E-state index contributed by atoms with van der Waals surface area (Å²) < 4.78 is 0. The zero-order valence-corrected chi connectivity index (χ0v) is 14.0. The number of carbonyl (C=O) groups excluding carboxylic acids is 1. The average Bonchev–Trinajstić information content (AvgIpc) is 3.08. The lowest BCUT2D eigenvalue weighted by Gasteiger charge is -2.14. The molecule has 1 atom stereocenters. The number of halogens is 1. The fourth-order valence-corrected chi connectivity index (χ4v) is 4.51. The molecular formula is C19H18ClN3O. The second-order valence-electron chi connectivity index (χ2n) is 7.10. The van der Waals surface area contributed by atoms with Gasteiger partial charge < -0.3 is 10.6 Å². The minimum atomic E-state index is -0.0532. The third-order valence-corrected chi connectivity index (χ3v) is 6.03. The second-order valence-corrected chi connectivity index (χ2v) is 7.48. The fourth-order valence-electron chi connectivity index (χ4n) is 4.06. The number of pyridine rings is 1. The Balaban J connectivity index is 1.59. The number of hydrogen-bond acceptors (Lipinski definition) is 3. The molecule has 1 aliphatic carbocycles. The lowest BCUT2D eigenvalue weighted by Crippen LogP contribution is -2.17. The van der Waals surface area contributed by atoms with Gasteiger partial charge in [0.25, 0.3) is 0 Å². The highest BCUT2D eigenvalue weighted by Gasteiger charge is 2.51. The van der Waals surface area contributed by atoms with Crippen molar-refractivity contribution in [3.8, 4) is 11.1 Å². The van der Waals surface area contributed by atoms with Crippen molar-refractivity contribution in [1.29, 1.82) is 0 Å². The van der Waals surface area contributed by atoms with E-state index in [0.29, 0.717) is 0 Å². The Kier molecular flexibility index (Phi) is 2.95. The number of hydrogen-bond donors (Lipinski definition) is 2. The molecule has 1 unspecified atom stereocenters. The van der Waals surface area contributed by atoms with Gasteiger partial charge in [0.15, 0.2) is 0 Å². The van der Waals surface area contributed by atoms with Crippen LogP contribution in [0.2, 0.25) is 5.02 Å². The molecule has 2 fully saturated rings. The summed E-state index contributed by atoms with van der Waals surface area (Å²) in [5.41, 5.74) is 4.45. The van der Waals surface area contributed by atoms with E-state index >= 15 is 0 Å². The normalized spacial score (nSPS) is 23.0. The number of amides is 1. The highest BCUT2D eigenvalue weighted by atomic mass is 35.5. The highest BCUT2D eigenvalue weighted by molar-refractivity contribution is 6.34. The Labute approximate surface area is 145 Å². The maximum Gasteiger partial charge on any atom is 0.227 e. The number of nitrogens with zero attached hydrogens (tertiary/aromatic N) is 1. The summed E-state index contributed by atoms with van der Waals surface area (Å²) in [5.74, 6) is 1.00. The van der Waals surface area contributed by atoms with Crippen LogP contribution in [0.3, 0.4) is 0 Å². The highest BCUT2D eigenvalue weighted by Crippen LogP contribution is 2.57. The molecule has 4 nitrogen and oxygen atoms in total. The molecule has 0 radical (unpaired) electrons. The molecule has 1 saturated heterocycles. The van der Waals surface area contributed by atoms with Gasteiger partial charge >= 0.3 is 0 Å². The maximum absolute atomic E-state index is 12.0. The first kappa shape index (κ1) is 14.3. The van der Waals surface area contributed by atoms with E-state index < -0.39 is 0 Å². The molecular weight excluding hydrogens is 322 g/mol. The number of benzene rings is 1. The zero-order valence-electron chi connectivity index (χ0n) is 13.2. The molecule has 1 spiro atoms. The third-order valence-electron chi connectivity index (χ3n) is 5.64. The molecule has 122 valence electrons. The van der Waals surface area contributed by atoms with Crippen molar-refractivity contribution < 1.29 is 4.79 Å². The molecule has 2 aliphatic heterocycles. The molecule has 3 aliphatic rings.